The van der Waals surface area contributed by atoms with E-state index in [4.69, 9.17) is 16.3 Å². The molecule has 9 heteroatoms. The number of carbonyl (C=O) groups excluding carboxylic acids is 1. The van der Waals surface area contributed by atoms with E-state index in [0.29, 0.717) is 29.6 Å². The molecule has 1 heterocycles. The van der Waals surface area contributed by atoms with Crippen LogP contribution in [-0.4, -0.2) is 33.0 Å². The van der Waals surface area contributed by atoms with Crippen molar-refractivity contribution in [3.8, 4) is 5.75 Å². The molecule has 0 bridgehead atoms. The third kappa shape index (κ3) is 3.86. The Morgan fingerprint density at radius 2 is 2.10 bits per heavy atom. The van der Waals surface area contributed by atoms with Gasteiger partial charge < -0.3 is 10.5 Å². The van der Waals surface area contributed by atoms with Crippen LogP contribution in [0.2, 0.25) is 0 Å². The number of hydrogen-bond donors (Lipinski definition) is 3. The van der Waals surface area contributed by atoms with Crippen molar-refractivity contribution in [1.29, 1.82) is 0 Å². The molecule has 2 aromatic rings. The van der Waals surface area contributed by atoms with Crippen molar-refractivity contribution in [2.24, 2.45) is 12.9 Å². The van der Waals surface area contributed by atoms with Gasteiger partial charge in [-0.3, -0.25) is 14.8 Å². The van der Waals surface area contributed by atoms with Gasteiger partial charge in [0.2, 0.25) is 5.95 Å². The van der Waals surface area contributed by atoms with Crippen molar-refractivity contribution in [1.82, 2.24) is 20.2 Å². The van der Waals surface area contributed by atoms with Crippen LogP contribution in [0, 0.1) is 0 Å². The maximum absolute atomic E-state index is 11.3. The highest BCUT2D eigenvalue weighted by Crippen LogP contribution is 2.17. The first-order chi connectivity index (χ1) is 10.1. The SMILES string of the molecule is Cn1c(N)nnc1SCCOc1ccc(C(=O)NN)cc1. The number of rotatable bonds is 6. The highest BCUT2D eigenvalue weighted by Gasteiger charge is 2.06. The summed E-state index contributed by atoms with van der Waals surface area (Å²) < 4.78 is 7.28. The fourth-order valence-corrected chi connectivity index (χ4v) is 2.27. The summed E-state index contributed by atoms with van der Waals surface area (Å²) in [6, 6.07) is 6.73. The van der Waals surface area contributed by atoms with E-state index < -0.39 is 0 Å². The van der Waals surface area contributed by atoms with E-state index in [0.717, 1.165) is 5.16 Å². The van der Waals surface area contributed by atoms with Gasteiger partial charge in [0.1, 0.15) is 5.75 Å². The number of nitrogen functional groups attached to an aromatic ring is 2. The van der Waals surface area contributed by atoms with Crippen LogP contribution >= 0.6 is 11.8 Å². The first kappa shape index (κ1) is 15.1. The molecular weight excluding hydrogens is 292 g/mol. The summed E-state index contributed by atoms with van der Waals surface area (Å²) in [6.07, 6.45) is 0. The van der Waals surface area contributed by atoms with E-state index >= 15 is 0 Å². The normalized spacial score (nSPS) is 10.4. The van der Waals surface area contributed by atoms with Crippen molar-refractivity contribution < 1.29 is 9.53 Å². The van der Waals surface area contributed by atoms with E-state index in [1.807, 2.05) is 0 Å². The summed E-state index contributed by atoms with van der Waals surface area (Å²) in [5.74, 6) is 6.49. The van der Waals surface area contributed by atoms with Crippen molar-refractivity contribution >= 4 is 23.6 Å². The second kappa shape index (κ2) is 6.95. The van der Waals surface area contributed by atoms with E-state index in [-0.39, 0.29) is 5.91 Å². The highest BCUT2D eigenvalue weighted by atomic mass is 32.2. The molecule has 0 saturated carbocycles. The summed E-state index contributed by atoms with van der Waals surface area (Å²) in [6.45, 7) is 0.500. The van der Waals surface area contributed by atoms with Crippen molar-refractivity contribution in [3.63, 3.8) is 0 Å². The summed E-state index contributed by atoms with van der Waals surface area (Å²) >= 11 is 1.50. The van der Waals surface area contributed by atoms with E-state index in [1.54, 1.807) is 35.9 Å². The number of nitrogens with zero attached hydrogens (tertiary/aromatic N) is 3. The molecule has 21 heavy (non-hydrogen) atoms. The van der Waals surface area contributed by atoms with Crippen LogP contribution in [-0.2, 0) is 7.05 Å². The maximum Gasteiger partial charge on any atom is 0.265 e. The number of nitrogens with one attached hydrogen (secondary N) is 1. The van der Waals surface area contributed by atoms with Gasteiger partial charge in [0, 0.05) is 18.4 Å². The number of ether oxygens (including phenoxy) is 1. The number of hydrogen-bond acceptors (Lipinski definition) is 7. The van der Waals surface area contributed by atoms with Gasteiger partial charge in [0.05, 0.1) is 6.61 Å². The van der Waals surface area contributed by atoms with Crippen molar-refractivity contribution in [2.45, 2.75) is 5.16 Å². The second-order valence-corrected chi connectivity index (χ2v) is 5.16. The van der Waals surface area contributed by atoms with E-state index in [9.17, 15) is 4.79 Å². The lowest BCUT2D eigenvalue weighted by molar-refractivity contribution is 0.0953. The molecule has 0 saturated heterocycles. The van der Waals surface area contributed by atoms with Crippen LogP contribution in [0.3, 0.4) is 0 Å². The Balaban J connectivity index is 1.78. The maximum atomic E-state index is 11.3. The average molecular weight is 308 g/mol. The summed E-state index contributed by atoms with van der Waals surface area (Å²) in [5.41, 5.74) is 8.14. The number of benzene rings is 1. The summed E-state index contributed by atoms with van der Waals surface area (Å²) in [4.78, 5) is 11.3. The Morgan fingerprint density at radius 1 is 1.38 bits per heavy atom. The highest BCUT2D eigenvalue weighted by molar-refractivity contribution is 7.99. The fourth-order valence-electron chi connectivity index (χ4n) is 1.53. The summed E-state index contributed by atoms with van der Waals surface area (Å²) in [5, 5.41) is 8.45. The predicted molar refractivity (Wildman–Crippen MR) is 79.7 cm³/mol. The molecule has 2 rings (SSSR count). The molecule has 8 nitrogen and oxygen atoms in total. The topological polar surface area (TPSA) is 121 Å². The van der Waals surface area contributed by atoms with Crippen LogP contribution in [0.5, 0.6) is 5.75 Å². The molecule has 0 unspecified atom stereocenters. The molecule has 1 aromatic carbocycles. The number of carbonyl (C=O) groups is 1. The number of nitrogens with two attached hydrogens (primary N) is 2. The number of thioether (sulfide) groups is 1. The van der Waals surface area contributed by atoms with Gasteiger partial charge in [-0.2, -0.15) is 0 Å². The van der Waals surface area contributed by atoms with Gasteiger partial charge >= 0.3 is 0 Å². The average Bonchev–Trinajstić information content (AvgIpc) is 2.83. The molecule has 0 spiro atoms. The molecular formula is C12H16N6O2S. The van der Waals surface area contributed by atoms with Crippen LogP contribution in [0.1, 0.15) is 10.4 Å². The first-order valence-electron chi connectivity index (χ1n) is 6.13. The number of amides is 1. The molecule has 1 amide bonds. The van der Waals surface area contributed by atoms with Gasteiger partial charge in [-0.05, 0) is 24.3 Å². The molecule has 0 fully saturated rings. The van der Waals surface area contributed by atoms with Crippen LogP contribution in [0.25, 0.3) is 0 Å². The van der Waals surface area contributed by atoms with Gasteiger partial charge in [0.15, 0.2) is 5.16 Å². The fraction of sp³-hybridized carbons (Fsp3) is 0.250. The summed E-state index contributed by atoms with van der Waals surface area (Å²) in [7, 11) is 1.81. The quantitative estimate of drug-likeness (QED) is 0.229. The number of hydrazine groups is 1. The largest absolute Gasteiger partial charge is 0.493 e. The van der Waals surface area contributed by atoms with Gasteiger partial charge in [0.25, 0.3) is 5.91 Å². The molecule has 112 valence electrons. The van der Waals surface area contributed by atoms with E-state index in [1.165, 1.54) is 11.8 Å². The molecule has 0 aliphatic carbocycles. The Bertz CT molecular complexity index is 613. The first-order valence-corrected chi connectivity index (χ1v) is 7.12. The minimum absolute atomic E-state index is 0.336. The predicted octanol–water partition coefficient (Wildman–Crippen LogP) is 0.172. The molecule has 0 aliphatic rings. The Hall–Kier alpha value is -2.26. The lowest BCUT2D eigenvalue weighted by atomic mass is 10.2. The molecule has 0 radical (unpaired) electrons. The molecule has 1 aromatic heterocycles. The monoisotopic (exact) mass is 308 g/mol. The lowest BCUT2D eigenvalue weighted by Crippen LogP contribution is -2.29. The standard InChI is InChI=1S/C12H16N6O2S/c1-18-11(13)16-17-12(18)21-7-6-20-9-4-2-8(3-5-9)10(19)15-14/h2-5H,6-7,14H2,1H3,(H2,13,16)(H,15,19). The Labute approximate surface area is 125 Å². The van der Waals surface area contributed by atoms with E-state index in [2.05, 4.69) is 15.6 Å². The minimum Gasteiger partial charge on any atom is -0.493 e. The lowest BCUT2D eigenvalue weighted by Gasteiger charge is -2.06. The Kier molecular flexibility index (Phi) is 5.01. The number of aromatic nitrogens is 3. The van der Waals surface area contributed by atoms with Crippen LogP contribution in [0.4, 0.5) is 5.95 Å². The smallest absolute Gasteiger partial charge is 0.265 e. The molecule has 0 aliphatic heterocycles. The zero-order chi connectivity index (χ0) is 15.2. The van der Waals surface area contributed by atoms with Gasteiger partial charge in [-0.25, -0.2) is 5.84 Å². The Morgan fingerprint density at radius 3 is 2.67 bits per heavy atom. The minimum atomic E-state index is -0.336. The zero-order valence-corrected chi connectivity index (χ0v) is 12.3. The van der Waals surface area contributed by atoms with Crippen LogP contribution < -0.4 is 21.7 Å². The molecule has 5 N–H and O–H groups in total. The zero-order valence-electron chi connectivity index (χ0n) is 11.4. The van der Waals surface area contributed by atoms with Crippen molar-refractivity contribution in [3.05, 3.63) is 29.8 Å². The van der Waals surface area contributed by atoms with Crippen LogP contribution in [0.15, 0.2) is 29.4 Å². The third-order valence-corrected chi connectivity index (χ3v) is 3.68. The second-order valence-electron chi connectivity index (χ2n) is 4.09. The third-order valence-electron chi connectivity index (χ3n) is 2.70. The van der Waals surface area contributed by atoms with Gasteiger partial charge in [-0.15, -0.1) is 10.2 Å². The van der Waals surface area contributed by atoms with Crippen molar-refractivity contribution in [2.75, 3.05) is 18.1 Å². The van der Waals surface area contributed by atoms with Gasteiger partial charge in [-0.1, -0.05) is 11.8 Å². The number of anilines is 1. The molecule has 0 atom stereocenters.